The number of thioether (sulfide) groups is 1. The number of carbonyl (C=O) groups is 1. The zero-order valence-corrected chi connectivity index (χ0v) is 16.5. The summed E-state index contributed by atoms with van der Waals surface area (Å²) in [6.07, 6.45) is 2.92. The van der Waals surface area contributed by atoms with Gasteiger partial charge in [0, 0.05) is 22.8 Å². The zero-order valence-electron chi connectivity index (χ0n) is 14.1. The van der Waals surface area contributed by atoms with Crippen molar-refractivity contribution in [2.24, 2.45) is 0 Å². The van der Waals surface area contributed by atoms with Crippen LogP contribution in [-0.4, -0.2) is 27.1 Å². The molecule has 2 aromatic heterocycles. The predicted octanol–water partition coefficient (Wildman–Crippen LogP) is 4.65. The van der Waals surface area contributed by atoms with Crippen molar-refractivity contribution in [3.8, 4) is 0 Å². The second kappa shape index (κ2) is 7.68. The molecule has 0 aliphatic heterocycles. The van der Waals surface area contributed by atoms with Gasteiger partial charge in [-0.15, -0.1) is 0 Å². The van der Waals surface area contributed by atoms with E-state index in [-0.39, 0.29) is 5.91 Å². The van der Waals surface area contributed by atoms with Gasteiger partial charge in [-0.2, -0.15) is 0 Å². The first-order chi connectivity index (χ1) is 12.0. The van der Waals surface area contributed by atoms with Crippen molar-refractivity contribution in [2.75, 3.05) is 11.6 Å². The Morgan fingerprint density at radius 2 is 1.96 bits per heavy atom. The lowest BCUT2D eigenvalue weighted by Gasteiger charge is -2.09. The van der Waals surface area contributed by atoms with Crippen LogP contribution in [0.4, 0.5) is 5.13 Å². The number of halogens is 1. The number of nitrogens with zero attached hydrogens (tertiary/aromatic N) is 3. The Bertz CT molecular complexity index is 919. The third-order valence-electron chi connectivity index (χ3n) is 3.78. The van der Waals surface area contributed by atoms with Crippen LogP contribution in [0.5, 0.6) is 0 Å². The second-order valence-electron chi connectivity index (χ2n) is 5.54. The molecule has 25 heavy (non-hydrogen) atoms. The van der Waals surface area contributed by atoms with Gasteiger partial charge in [-0.1, -0.05) is 34.7 Å². The van der Waals surface area contributed by atoms with Crippen LogP contribution in [0, 0.1) is 13.8 Å². The minimum absolute atomic E-state index is 0.0714. The highest BCUT2D eigenvalue weighted by molar-refractivity contribution is 7.98. The molecule has 8 heteroatoms. The predicted molar refractivity (Wildman–Crippen MR) is 105 cm³/mol. The first-order valence-electron chi connectivity index (χ1n) is 7.70. The van der Waals surface area contributed by atoms with Crippen molar-refractivity contribution >= 4 is 56.0 Å². The number of aryl methyl sites for hydroxylation is 2. The van der Waals surface area contributed by atoms with Crippen LogP contribution in [0.15, 0.2) is 23.4 Å². The Balaban J connectivity index is 1.66. The van der Waals surface area contributed by atoms with Crippen LogP contribution in [0.2, 0.25) is 5.02 Å². The normalized spacial score (nSPS) is 11.0. The lowest BCUT2D eigenvalue weighted by Crippen LogP contribution is -2.13. The largest absolute Gasteiger partial charge is 0.302 e. The molecule has 0 aliphatic carbocycles. The molecule has 0 bridgehead atoms. The average Bonchev–Trinajstić information content (AvgIpc) is 2.94. The number of amides is 1. The van der Waals surface area contributed by atoms with Crippen LogP contribution >= 0.6 is 34.7 Å². The molecule has 1 amide bonds. The molecule has 0 saturated heterocycles. The zero-order chi connectivity index (χ0) is 18.0. The first kappa shape index (κ1) is 18.1. The van der Waals surface area contributed by atoms with Gasteiger partial charge in [-0.05, 0) is 50.3 Å². The van der Waals surface area contributed by atoms with E-state index in [1.165, 1.54) is 23.1 Å². The van der Waals surface area contributed by atoms with Gasteiger partial charge in [0.1, 0.15) is 0 Å². The topological polar surface area (TPSA) is 67.8 Å². The molecule has 0 unspecified atom stereocenters. The van der Waals surface area contributed by atoms with Gasteiger partial charge >= 0.3 is 0 Å². The third-order valence-corrected chi connectivity index (χ3v) is 5.50. The molecule has 3 rings (SSSR count). The number of benzene rings is 1. The number of rotatable bonds is 5. The summed E-state index contributed by atoms with van der Waals surface area (Å²) in [6.45, 7) is 3.91. The Morgan fingerprint density at radius 3 is 2.64 bits per heavy atom. The maximum atomic E-state index is 12.3. The van der Waals surface area contributed by atoms with E-state index in [1.54, 1.807) is 6.07 Å². The molecular weight excluding hydrogens is 376 g/mol. The van der Waals surface area contributed by atoms with Gasteiger partial charge in [0.05, 0.1) is 10.2 Å². The molecule has 5 nitrogen and oxygen atoms in total. The van der Waals surface area contributed by atoms with E-state index in [9.17, 15) is 4.79 Å². The lowest BCUT2D eigenvalue weighted by molar-refractivity contribution is -0.116. The van der Waals surface area contributed by atoms with Gasteiger partial charge in [0.25, 0.3) is 0 Å². The molecule has 3 aromatic rings. The number of nitrogens with one attached hydrogen (secondary N) is 1. The van der Waals surface area contributed by atoms with Crippen molar-refractivity contribution in [3.63, 3.8) is 0 Å². The molecule has 0 saturated carbocycles. The Labute approximate surface area is 159 Å². The molecule has 1 aromatic carbocycles. The van der Waals surface area contributed by atoms with Crippen molar-refractivity contribution in [3.05, 3.63) is 40.2 Å². The summed E-state index contributed by atoms with van der Waals surface area (Å²) in [5.74, 6) is -0.0714. The van der Waals surface area contributed by atoms with Crippen molar-refractivity contribution in [1.29, 1.82) is 0 Å². The van der Waals surface area contributed by atoms with Gasteiger partial charge in [-0.25, -0.2) is 15.0 Å². The fourth-order valence-electron chi connectivity index (χ4n) is 2.53. The summed E-state index contributed by atoms with van der Waals surface area (Å²) in [5.41, 5.74) is 3.72. The number of thiazole rings is 1. The van der Waals surface area contributed by atoms with Crippen molar-refractivity contribution in [2.45, 2.75) is 31.8 Å². The van der Waals surface area contributed by atoms with E-state index in [0.29, 0.717) is 23.0 Å². The fourth-order valence-corrected chi connectivity index (χ4v) is 4.15. The number of anilines is 1. The molecule has 0 spiro atoms. The van der Waals surface area contributed by atoms with E-state index in [2.05, 4.69) is 20.3 Å². The number of hydrogen-bond acceptors (Lipinski definition) is 6. The average molecular weight is 393 g/mol. The number of aromatic nitrogens is 3. The Kier molecular flexibility index (Phi) is 5.56. The lowest BCUT2D eigenvalue weighted by atomic mass is 10.1. The van der Waals surface area contributed by atoms with Gasteiger partial charge < -0.3 is 5.32 Å². The second-order valence-corrected chi connectivity index (χ2v) is 7.78. The molecule has 0 aliphatic rings. The molecule has 0 atom stereocenters. The third kappa shape index (κ3) is 4.29. The van der Waals surface area contributed by atoms with Crippen LogP contribution in [0.3, 0.4) is 0 Å². The van der Waals surface area contributed by atoms with Crippen LogP contribution < -0.4 is 5.32 Å². The fraction of sp³-hybridized carbons (Fsp3) is 0.294. The highest BCUT2D eigenvalue weighted by Gasteiger charge is 2.12. The van der Waals surface area contributed by atoms with Gasteiger partial charge in [0.2, 0.25) is 5.91 Å². The van der Waals surface area contributed by atoms with E-state index in [0.717, 1.165) is 32.3 Å². The molecule has 0 radical (unpaired) electrons. The summed E-state index contributed by atoms with van der Waals surface area (Å²) in [6, 6.07) is 5.49. The van der Waals surface area contributed by atoms with Crippen LogP contribution in [0.1, 0.15) is 23.4 Å². The maximum Gasteiger partial charge on any atom is 0.226 e. The minimum Gasteiger partial charge on any atom is -0.302 e. The van der Waals surface area contributed by atoms with Crippen molar-refractivity contribution < 1.29 is 4.79 Å². The van der Waals surface area contributed by atoms with Gasteiger partial charge in [-0.3, -0.25) is 4.79 Å². The molecular formula is C17H17ClN4OS2. The molecule has 0 fully saturated rings. The summed E-state index contributed by atoms with van der Waals surface area (Å²) >= 11 is 8.92. The SMILES string of the molecule is CSc1nc(C)c(CCC(=O)Nc2nc3ccc(Cl)cc3s2)c(C)n1. The number of hydrogen-bond donors (Lipinski definition) is 1. The number of carbonyl (C=O) groups excluding carboxylic acids is 1. The quantitative estimate of drug-likeness (QED) is 0.505. The smallest absolute Gasteiger partial charge is 0.226 e. The summed E-state index contributed by atoms with van der Waals surface area (Å²) < 4.78 is 0.954. The van der Waals surface area contributed by atoms with E-state index in [1.807, 2.05) is 32.2 Å². The Morgan fingerprint density at radius 1 is 1.24 bits per heavy atom. The monoisotopic (exact) mass is 392 g/mol. The number of fused-ring (bicyclic) bond motifs is 1. The summed E-state index contributed by atoms with van der Waals surface area (Å²) in [5, 5.41) is 4.87. The van der Waals surface area contributed by atoms with Crippen LogP contribution in [0.25, 0.3) is 10.2 Å². The Hall–Kier alpha value is -1.70. The maximum absolute atomic E-state index is 12.3. The van der Waals surface area contributed by atoms with E-state index < -0.39 is 0 Å². The van der Waals surface area contributed by atoms with Crippen LogP contribution in [-0.2, 0) is 11.2 Å². The summed E-state index contributed by atoms with van der Waals surface area (Å²) in [7, 11) is 0. The highest BCUT2D eigenvalue weighted by Crippen LogP contribution is 2.28. The molecule has 1 N–H and O–H groups in total. The van der Waals surface area contributed by atoms with E-state index in [4.69, 9.17) is 11.6 Å². The van der Waals surface area contributed by atoms with Gasteiger partial charge in [0.15, 0.2) is 10.3 Å². The van der Waals surface area contributed by atoms with E-state index >= 15 is 0 Å². The standard InChI is InChI=1S/C17H17ClN4OS2/c1-9-12(10(2)20-16(19-9)24-3)5-7-15(23)22-17-21-13-6-4-11(18)8-14(13)25-17/h4,6,8H,5,7H2,1-3H3,(H,21,22,23). The first-order valence-corrected chi connectivity index (χ1v) is 10.1. The highest BCUT2D eigenvalue weighted by atomic mass is 35.5. The summed E-state index contributed by atoms with van der Waals surface area (Å²) in [4.78, 5) is 25.6. The molecule has 130 valence electrons. The molecule has 2 heterocycles. The minimum atomic E-state index is -0.0714. The van der Waals surface area contributed by atoms with Crippen molar-refractivity contribution in [1.82, 2.24) is 15.0 Å².